The van der Waals surface area contributed by atoms with Gasteiger partial charge in [0, 0.05) is 26.7 Å². The Balaban J connectivity index is 2.86. The maximum absolute atomic E-state index is 12.3. The Morgan fingerprint density at radius 3 is 2.67 bits per heavy atom. The van der Waals surface area contributed by atoms with Crippen LogP contribution in [0.2, 0.25) is 0 Å². The van der Waals surface area contributed by atoms with Crippen LogP contribution in [-0.2, 0) is 14.8 Å². The van der Waals surface area contributed by atoms with Gasteiger partial charge in [0.2, 0.25) is 10.0 Å². The Morgan fingerprint density at radius 1 is 1.44 bits per heavy atom. The van der Waals surface area contributed by atoms with E-state index in [1.165, 1.54) is 18.5 Å². The zero-order valence-corrected chi connectivity index (χ0v) is 11.8. The van der Waals surface area contributed by atoms with Gasteiger partial charge in [-0.2, -0.15) is 4.31 Å². The van der Waals surface area contributed by atoms with Crippen LogP contribution in [0.4, 0.5) is 0 Å². The standard InChI is InChI=1S/C12H20N2O3S/c1-10-5-4-6-12(7-10)18(15,16)14(2)8-11(13)9-17-3/h4-7,11H,8-9,13H2,1-3H3. The summed E-state index contributed by atoms with van der Waals surface area (Å²) in [6, 6.07) is 6.48. The van der Waals surface area contributed by atoms with Crippen LogP contribution in [-0.4, -0.2) is 46.1 Å². The lowest BCUT2D eigenvalue weighted by Gasteiger charge is -2.21. The van der Waals surface area contributed by atoms with Crippen LogP contribution in [0.25, 0.3) is 0 Å². The zero-order chi connectivity index (χ0) is 13.8. The number of rotatable bonds is 6. The number of hydrogen-bond donors (Lipinski definition) is 1. The summed E-state index contributed by atoms with van der Waals surface area (Å²) in [7, 11) is -0.419. The lowest BCUT2D eigenvalue weighted by molar-refractivity contribution is 0.173. The Morgan fingerprint density at radius 2 is 2.11 bits per heavy atom. The van der Waals surface area contributed by atoms with Crippen LogP contribution < -0.4 is 5.73 Å². The fourth-order valence-corrected chi connectivity index (χ4v) is 2.98. The quantitative estimate of drug-likeness (QED) is 0.822. The average molecular weight is 272 g/mol. The number of nitrogens with zero attached hydrogens (tertiary/aromatic N) is 1. The van der Waals surface area contributed by atoms with Crippen molar-refractivity contribution >= 4 is 10.0 Å². The number of benzene rings is 1. The number of nitrogens with two attached hydrogens (primary N) is 1. The van der Waals surface area contributed by atoms with Crippen LogP contribution in [0.15, 0.2) is 29.2 Å². The molecular formula is C12H20N2O3S. The molecule has 0 fully saturated rings. The molecule has 1 rings (SSSR count). The number of aryl methyl sites for hydroxylation is 1. The van der Waals surface area contributed by atoms with Gasteiger partial charge >= 0.3 is 0 Å². The van der Waals surface area contributed by atoms with Crippen LogP contribution in [0.3, 0.4) is 0 Å². The van der Waals surface area contributed by atoms with Crippen molar-refractivity contribution in [2.45, 2.75) is 17.9 Å². The molecule has 0 bridgehead atoms. The van der Waals surface area contributed by atoms with Crippen molar-refractivity contribution in [1.29, 1.82) is 0 Å². The molecule has 0 aliphatic carbocycles. The van der Waals surface area contributed by atoms with E-state index in [2.05, 4.69) is 0 Å². The zero-order valence-electron chi connectivity index (χ0n) is 11.0. The van der Waals surface area contributed by atoms with Gasteiger partial charge in [0.15, 0.2) is 0 Å². The molecule has 1 aromatic carbocycles. The van der Waals surface area contributed by atoms with Gasteiger partial charge in [0.05, 0.1) is 11.5 Å². The first-order valence-corrected chi connectivity index (χ1v) is 7.09. The van der Waals surface area contributed by atoms with Crippen molar-refractivity contribution in [1.82, 2.24) is 4.31 Å². The molecule has 0 heterocycles. The smallest absolute Gasteiger partial charge is 0.242 e. The van der Waals surface area contributed by atoms with Crippen molar-refractivity contribution in [3.05, 3.63) is 29.8 Å². The summed E-state index contributed by atoms with van der Waals surface area (Å²) >= 11 is 0. The molecule has 6 heteroatoms. The topological polar surface area (TPSA) is 72.6 Å². The van der Waals surface area contributed by atoms with Gasteiger partial charge in [-0.15, -0.1) is 0 Å². The lowest BCUT2D eigenvalue weighted by Crippen LogP contribution is -2.41. The molecule has 0 saturated heterocycles. The van der Waals surface area contributed by atoms with Crippen LogP contribution in [0.1, 0.15) is 5.56 Å². The first-order valence-electron chi connectivity index (χ1n) is 5.65. The molecule has 0 aromatic heterocycles. The highest BCUT2D eigenvalue weighted by molar-refractivity contribution is 7.89. The molecule has 1 unspecified atom stereocenters. The molecule has 5 nitrogen and oxygen atoms in total. The van der Waals surface area contributed by atoms with E-state index in [-0.39, 0.29) is 17.5 Å². The maximum atomic E-state index is 12.3. The maximum Gasteiger partial charge on any atom is 0.242 e. The number of sulfonamides is 1. The van der Waals surface area contributed by atoms with Gasteiger partial charge in [0.25, 0.3) is 0 Å². The van der Waals surface area contributed by atoms with E-state index in [0.717, 1.165) is 5.56 Å². The number of hydrogen-bond acceptors (Lipinski definition) is 4. The molecular weight excluding hydrogens is 252 g/mol. The van der Waals surface area contributed by atoms with E-state index in [9.17, 15) is 8.42 Å². The van der Waals surface area contributed by atoms with Crippen molar-refractivity contribution < 1.29 is 13.2 Å². The molecule has 0 saturated carbocycles. The monoisotopic (exact) mass is 272 g/mol. The summed E-state index contributed by atoms with van der Waals surface area (Å²) in [6.45, 7) is 2.41. The predicted molar refractivity (Wildman–Crippen MR) is 70.8 cm³/mol. The highest BCUT2D eigenvalue weighted by Crippen LogP contribution is 2.15. The lowest BCUT2D eigenvalue weighted by atomic mass is 10.2. The van der Waals surface area contributed by atoms with E-state index in [0.29, 0.717) is 6.61 Å². The summed E-state index contributed by atoms with van der Waals surface area (Å²) in [6.07, 6.45) is 0. The van der Waals surface area contributed by atoms with E-state index in [1.54, 1.807) is 18.2 Å². The molecule has 1 atom stereocenters. The van der Waals surface area contributed by atoms with E-state index in [1.807, 2.05) is 13.0 Å². The second kappa shape index (κ2) is 6.29. The van der Waals surface area contributed by atoms with Crippen LogP contribution in [0.5, 0.6) is 0 Å². The average Bonchev–Trinajstić information content (AvgIpc) is 2.29. The van der Waals surface area contributed by atoms with E-state index >= 15 is 0 Å². The van der Waals surface area contributed by atoms with Gasteiger partial charge in [-0.25, -0.2) is 8.42 Å². The third-order valence-corrected chi connectivity index (χ3v) is 4.39. The SMILES string of the molecule is COCC(N)CN(C)S(=O)(=O)c1cccc(C)c1. The normalized spacial score (nSPS) is 13.8. The summed E-state index contributed by atoms with van der Waals surface area (Å²) < 4.78 is 30.7. The Kier molecular flexibility index (Phi) is 5.28. The summed E-state index contributed by atoms with van der Waals surface area (Å²) in [5.74, 6) is 0. The largest absolute Gasteiger partial charge is 0.383 e. The van der Waals surface area contributed by atoms with Gasteiger partial charge < -0.3 is 10.5 Å². The first kappa shape index (κ1) is 15.1. The highest BCUT2D eigenvalue weighted by Gasteiger charge is 2.22. The third-order valence-electron chi connectivity index (χ3n) is 2.57. The third kappa shape index (κ3) is 3.78. The fraction of sp³-hybridized carbons (Fsp3) is 0.500. The Hall–Kier alpha value is -0.950. The molecule has 0 radical (unpaired) electrons. The highest BCUT2D eigenvalue weighted by atomic mass is 32.2. The predicted octanol–water partition coefficient (Wildman–Crippen LogP) is 0.589. The minimum Gasteiger partial charge on any atom is -0.383 e. The second-order valence-corrected chi connectivity index (χ2v) is 6.36. The molecule has 0 spiro atoms. The van der Waals surface area contributed by atoms with Crippen molar-refractivity contribution in [2.75, 3.05) is 27.3 Å². The van der Waals surface area contributed by atoms with Gasteiger partial charge in [0.1, 0.15) is 0 Å². The van der Waals surface area contributed by atoms with Crippen LogP contribution >= 0.6 is 0 Å². The first-order chi connectivity index (χ1) is 8.37. The van der Waals surface area contributed by atoms with Gasteiger partial charge in [-0.05, 0) is 24.6 Å². The molecule has 0 amide bonds. The minimum atomic E-state index is -3.48. The summed E-state index contributed by atoms with van der Waals surface area (Å²) in [5.41, 5.74) is 6.67. The fourth-order valence-electron chi connectivity index (χ4n) is 1.65. The van der Waals surface area contributed by atoms with Crippen molar-refractivity contribution in [2.24, 2.45) is 5.73 Å². The van der Waals surface area contributed by atoms with Crippen LogP contribution in [0, 0.1) is 6.92 Å². The summed E-state index contributed by atoms with van der Waals surface area (Å²) in [4.78, 5) is 0.287. The van der Waals surface area contributed by atoms with Gasteiger partial charge in [-0.3, -0.25) is 0 Å². The number of ether oxygens (including phenoxy) is 1. The number of likely N-dealkylation sites (N-methyl/N-ethyl adjacent to an activating group) is 1. The minimum absolute atomic E-state index is 0.226. The number of methoxy groups -OCH3 is 1. The summed E-state index contributed by atoms with van der Waals surface area (Å²) in [5, 5.41) is 0. The van der Waals surface area contributed by atoms with E-state index < -0.39 is 10.0 Å². The molecule has 0 aliphatic rings. The Labute approximate surface area is 109 Å². The van der Waals surface area contributed by atoms with Crippen molar-refractivity contribution in [3.8, 4) is 0 Å². The van der Waals surface area contributed by atoms with Gasteiger partial charge in [-0.1, -0.05) is 12.1 Å². The molecule has 0 aliphatic heterocycles. The molecule has 102 valence electrons. The second-order valence-electron chi connectivity index (χ2n) is 4.32. The molecule has 1 aromatic rings. The molecule has 2 N–H and O–H groups in total. The van der Waals surface area contributed by atoms with Crippen molar-refractivity contribution in [3.63, 3.8) is 0 Å². The molecule has 18 heavy (non-hydrogen) atoms. The van der Waals surface area contributed by atoms with E-state index in [4.69, 9.17) is 10.5 Å². The Bertz CT molecular complexity index is 488.